The zero-order chi connectivity index (χ0) is 21.1. The molecular formula is C21H17ClN4O3S. The van der Waals surface area contributed by atoms with Gasteiger partial charge in [0.2, 0.25) is 11.3 Å². The van der Waals surface area contributed by atoms with Gasteiger partial charge in [-0.25, -0.2) is 4.98 Å². The predicted molar refractivity (Wildman–Crippen MR) is 118 cm³/mol. The summed E-state index contributed by atoms with van der Waals surface area (Å²) in [7, 11) is 1.56. The van der Waals surface area contributed by atoms with Crippen molar-refractivity contribution in [2.75, 3.05) is 12.4 Å². The molecule has 2 heterocycles. The zero-order valence-corrected chi connectivity index (χ0v) is 17.5. The lowest BCUT2D eigenvalue weighted by Crippen LogP contribution is -2.17. The number of halogens is 1. The number of carbonyl (C=O) groups is 1. The van der Waals surface area contributed by atoms with E-state index in [0.717, 1.165) is 5.56 Å². The molecule has 0 aliphatic carbocycles. The van der Waals surface area contributed by atoms with E-state index in [2.05, 4.69) is 15.4 Å². The summed E-state index contributed by atoms with van der Waals surface area (Å²) in [5.41, 5.74) is 2.11. The number of ether oxygens (including phenoxy) is 1. The van der Waals surface area contributed by atoms with Crippen LogP contribution in [-0.4, -0.2) is 27.8 Å². The van der Waals surface area contributed by atoms with E-state index in [1.165, 1.54) is 17.5 Å². The van der Waals surface area contributed by atoms with Gasteiger partial charge in [-0.05, 0) is 30.3 Å². The monoisotopic (exact) mass is 440 g/mol. The van der Waals surface area contributed by atoms with Crippen LogP contribution in [0.1, 0.15) is 6.42 Å². The second-order valence-corrected chi connectivity index (χ2v) is 7.70. The van der Waals surface area contributed by atoms with Crippen molar-refractivity contribution in [3.8, 4) is 17.0 Å². The SMILES string of the molecule is COc1ccc(-c2csc(NC(=O)CCn3ncc(=O)c4ccccc43)n2)cc1Cl. The van der Waals surface area contributed by atoms with Gasteiger partial charge in [-0.15, -0.1) is 11.3 Å². The van der Waals surface area contributed by atoms with Crippen molar-refractivity contribution in [1.29, 1.82) is 0 Å². The Bertz CT molecular complexity index is 1280. The molecule has 0 saturated heterocycles. The number of aryl methyl sites for hydroxylation is 1. The first-order valence-electron chi connectivity index (χ1n) is 9.09. The number of carbonyl (C=O) groups excluding carboxylic acids is 1. The van der Waals surface area contributed by atoms with E-state index in [4.69, 9.17) is 16.3 Å². The van der Waals surface area contributed by atoms with Crippen LogP contribution in [0.2, 0.25) is 5.02 Å². The topological polar surface area (TPSA) is 86.1 Å². The minimum Gasteiger partial charge on any atom is -0.495 e. The summed E-state index contributed by atoms with van der Waals surface area (Å²) in [5, 5.41) is 10.4. The summed E-state index contributed by atoms with van der Waals surface area (Å²) in [4.78, 5) is 28.8. The standard InChI is InChI=1S/C21H17ClN4O3S/c1-29-19-7-6-13(10-15(19)22)16-12-30-21(24-16)25-20(28)8-9-26-17-5-3-2-4-14(17)18(27)11-23-26/h2-7,10-12H,8-9H2,1H3,(H,24,25,28). The second-order valence-electron chi connectivity index (χ2n) is 6.43. The molecule has 0 radical (unpaired) electrons. The van der Waals surface area contributed by atoms with Crippen LogP contribution in [-0.2, 0) is 11.3 Å². The molecule has 2 aromatic heterocycles. The highest BCUT2D eigenvalue weighted by molar-refractivity contribution is 7.14. The number of benzene rings is 2. The highest BCUT2D eigenvalue weighted by Gasteiger charge is 2.11. The number of nitrogens with one attached hydrogen (secondary N) is 1. The Labute approximate surface area is 180 Å². The van der Waals surface area contributed by atoms with Gasteiger partial charge in [0.1, 0.15) is 5.75 Å². The molecule has 0 saturated carbocycles. The molecule has 0 atom stereocenters. The van der Waals surface area contributed by atoms with E-state index in [-0.39, 0.29) is 17.8 Å². The Morgan fingerprint density at radius 2 is 2.10 bits per heavy atom. The number of aromatic nitrogens is 3. The van der Waals surface area contributed by atoms with Crippen LogP contribution < -0.4 is 15.5 Å². The van der Waals surface area contributed by atoms with E-state index in [9.17, 15) is 9.59 Å². The Hall–Kier alpha value is -3.23. The molecule has 0 spiro atoms. The summed E-state index contributed by atoms with van der Waals surface area (Å²) in [5.74, 6) is 0.404. The zero-order valence-electron chi connectivity index (χ0n) is 16.0. The average molecular weight is 441 g/mol. The van der Waals surface area contributed by atoms with E-state index in [1.54, 1.807) is 36.1 Å². The van der Waals surface area contributed by atoms with E-state index >= 15 is 0 Å². The van der Waals surface area contributed by atoms with Crippen LogP contribution in [0.15, 0.2) is 58.8 Å². The number of hydrogen-bond donors (Lipinski definition) is 1. The van der Waals surface area contributed by atoms with Crippen molar-refractivity contribution in [2.45, 2.75) is 13.0 Å². The van der Waals surface area contributed by atoms with Crippen molar-refractivity contribution >= 4 is 44.9 Å². The van der Waals surface area contributed by atoms with Crippen molar-refractivity contribution in [3.63, 3.8) is 0 Å². The maximum absolute atomic E-state index is 12.4. The minimum absolute atomic E-state index is 0.139. The molecule has 0 aliphatic rings. The number of amides is 1. The van der Waals surface area contributed by atoms with Crippen LogP contribution in [0, 0.1) is 0 Å². The van der Waals surface area contributed by atoms with E-state index in [1.807, 2.05) is 23.6 Å². The number of thiazole rings is 1. The van der Waals surface area contributed by atoms with Crippen LogP contribution >= 0.6 is 22.9 Å². The molecule has 7 nitrogen and oxygen atoms in total. The molecule has 30 heavy (non-hydrogen) atoms. The van der Waals surface area contributed by atoms with Crippen LogP contribution in [0.3, 0.4) is 0 Å². The predicted octanol–water partition coefficient (Wildman–Crippen LogP) is 4.21. The van der Waals surface area contributed by atoms with Crippen LogP contribution in [0.5, 0.6) is 5.75 Å². The van der Waals surface area contributed by atoms with Crippen molar-refractivity contribution in [1.82, 2.24) is 14.8 Å². The highest BCUT2D eigenvalue weighted by Crippen LogP contribution is 2.31. The number of hydrogen-bond acceptors (Lipinski definition) is 6. The number of anilines is 1. The summed E-state index contributed by atoms with van der Waals surface area (Å²) in [6, 6.07) is 12.6. The fraction of sp³-hybridized carbons (Fsp3) is 0.143. The van der Waals surface area contributed by atoms with Gasteiger partial charge in [0, 0.05) is 22.8 Å². The lowest BCUT2D eigenvalue weighted by molar-refractivity contribution is -0.116. The number of rotatable bonds is 6. The van der Waals surface area contributed by atoms with Gasteiger partial charge in [0.05, 0.1) is 36.1 Å². The fourth-order valence-electron chi connectivity index (χ4n) is 3.02. The Morgan fingerprint density at radius 3 is 2.90 bits per heavy atom. The highest BCUT2D eigenvalue weighted by atomic mass is 35.5. The average Bonchev–Trinajstić information content (AvgIpc) is 3.22. The molecule has 1 amide bonds. The number of nitrogens with zero attached hydrogens (tertiary/aromatic N) is 3. The Kier molecular flexibility index (Phi) is 5.78. The Morgan fingerprint density at radius 1 is 1.27 bits per heavy atom. The van der Waals surface area contributed by atoms with Gasteiger partial charge in [-0.2, -0.15) is 5.10 Å². The third-order valence-corrected chi connectivity index (χ3v) is 5.56. The number of para-hydroxylation sites is 1. The number of fused-ring (bicyclic) bond motifs is 1. The molecule has 0 aliphatic heterocycles. The molecule has 0 unspecified atom stereocenters. The molecule has 4 aromatic rings. The van der Waals surface area contributed by atoms with Gasteiger partial charge in [-0.1, -0.05) is 23.7 Å². The lowest BCUT2D eigenvalue weighted by atomic mass is 10.2. The molecule has 4 rings (SSSR count). The molecule has 9 heteroatoms. The first-order valence-corrected chi connectivity index (χ1v) is 10.3. The molecular weight excluding hydrogens is 424 g/mol. The maximum Gasteiger partial charge on any atom is 0.228 e. The van der Waals surface area contributed by atoms with Gasteiger partial charge < -0.3 is 10.1 Å². The molecule has 152 valence electrons. The van der Waals surface area contributed by atoms with Crippen LogP contribution in [0.4, 0.5) is 5.13 Å². The molecule has 2 aromatic carbocycles. The third-order valence-electron chi connectivity index (χ3n) is 4.51. The maximum atomic E-state index is 12.4. The van der Waals surface area contributed by atoms with Crippen molar-refractivity contribution in [3.05, 3.63) is 69.3 Å². The first kappa shape index (κ1) is 20.1. The molecule has 0 bridgehead atoms. The quantitative estimate of drug-likeness (QED) is 0.485. The van der Waals surface area contributed by atoms with Gasteiger partial charge in [0.25, 0.3) is 0 Å². The summed E-state index contributed by atoms with van der Waals surface area (Å²) >= 11 is 7.51. The third kappa shape index (κ3) is 4.19. The summed E-state index contributed by atoms with van der Waals surface area (Å²) < 4.78 is 6.81. The first-order chi connectivity index (χ1) is 14.5. The van der Waals surface area contributed by atoms with Gasteiger partial charge in [-0.3, -0.25) is 14.3 Å². The van der Waals surface area contributed by atoms with Gasteiger partial charge >= 0.3 is 0 Å². The normalized spacial score (nSPS) is 10.9. The molecule has 1 N–H and O–H groups in total. The smallest absolute Gasteiger partial charge is 0.228 e. The van der Waals surface area contributed by atoms with Crippen molar-refractivity contribution in [2.24, 2.45) is 0 Å². The van der Waals surface area contributed by atoms with Crippen LogP contribution in [0.25, 0.3) is 22.2 Å². The van der Waals surface area contributed by atoms with Crippen molar-refractivity contribution < 1.29 is 9.53 Å². The summed E-state index contributed by atoms with van der Waals surface area (Å²) in [6.45, 7) is 0.346. The summed E-state index contributed by atoms with van der Waals surface area (Å²) in [6.07, 6.45) is 1.47. The fourth-order valence-corrected chi connectivity index (χ4v) is 4.01. The Balaban J connectivity index is 1.43. The van der Waals surface area contributed by atoms with Gasteiger partial charge in [0.15, 0.2) is 5.13 Å². The van der Waals surface area contributed by atoms with E-state index < -0.39 is 0 Å². The van der Waals surface area contributed by atoms with E-state index in [0.29, 0.717) is 39.0 Å². The lowest BCUT2D eigenvalue weighted by Gasteiger charge is -2.08. The largest absolute Gasteiger partial charge is 0.495 e. The minimum atomic E-state index is -0.187. The number of methoxy groups -OCH3 is 1. The molecule has 0 fully saturated rings. The second kappa shape index (κ2) is 8.64.